The Kier molecular flexibility index (Phi) is 7.40. The molecule has 4 rings (SSSR count). The van der Waals surface area contributed by atoms with Gasteiger partial charge in [-0.25, -0.2) is 4.39 Å². The lowest BCUT2D eigenvalue weighted by Crippen LogP contribution is -2.31. The first kappa shape index (κ1) is 22.0. The summed E-state index contributed by atoms with van der Waals surface area (Å²) in [5, 5.41) is 9.52. The predicted octanol–water partition coefficient (Wildman–Crippen LogP) is 4.40. The van der Waals surface area contributed by atoms with Crippen LogP contribution in [0.25, 0.3) is 5.69 Å². The Hall–Kier alpha value is -2.19. The lowest BCUT2D eigenvalue weighted by Gasteiger charge is -2.26. The summed E-state index contributed by atoms with van der Waals surface area (Å²) in [7, 11) is 0. The number of aromatic nitrogens is 3. The Morgan fingerprint density at radius 3 is 2.58 bits per heavy atom. The Bertz CT molecular complexity index is 921. The van der Waals surface area contributed by atoms with Crippen LogP contribution in [0.5, 0.6) is 0 Å². The smallest absolute Gasteiger partial charge is 0.237 e. The number of carbonyl (C=O) groups excluding carboxylic acids is 1. The van der Waals surface area contributed by atoms with E-state index in [1.165, 1.54) is 43.2 Å². The van der Waals surface area contributed by atoms with Gasteiger partial charge in [0.25, 0.3) is 0 Å². The van der Waals surface area contributed by atoms with Crippen molar-refractivity contribution in [1.29, 1.82) is 0 Å². The number of hydrogen-bond donors (Lipinski definition) is 0. The van der Waals surface area contributed by atoms with Crippen LogP contribution in [0.1, 0.15) is 51.3 Å². The van der Waals surface area contributed by atoms with Gasteiger partial charge in [0.05, 0.1) is 12.3 Å². The van der Waals surface area contributed by atoms with Crippen molar-refractivity contribution in [3.63, 3.8) is 0 Å². The van der Waals surface area contributed by atoms with Gasteiger partial charge in [-0.1, -0.05) is 24.3 Å². The second kappa shape index (κ2) is 10.4. The summed E-state index contributed by atoms with van der Waals surface area (Å²) in [6.07, 6.45) is 8.97. The first-order valence-corrected chi connectivity index (χ1v) is 12.2. The molecule has 166 valence electrons. The van der Waals surface area contributed by atoms with Gasteiger partial charge in [0, 0.05) is 17.9 Å². The zero-order chi connectivity index (χ0) is 21.6. The van der Waals surface area contributed by atoms with Gasteiger partial charge in [-0.15, -0.1) is 10.2 Å². The van der Waals surface area contributed by atoms with Crippen molar-refractivity contribution in [2.45, 2.75) is 57.1 Å². The molecule has 0 atom stereocenters. The number of thioether (sulfide) groups is 1. The number of rotatable bonds is 8. The molecular weight excluding hydrogens is 413 g/mol. The van der Waals surface area contributed by atoms with Gasteiger partial charge in [0.15, 0.2) is 11.0 Å². The fourth-order valence-corrected chi connectivity index (χ4v) is 5.15. The average Bonchev–Trinajstić information content (AvgIpc) is 3.45. The number of nitrogens with zero attached hydrogens (tertiary/aromatic N) is 5. The Morgan fingerprint density at radius 1 is 1.13 bits per heavy atom. The highest BCUT2D eigenvalue weighted by Crippen LogP contribution is 2.26. The fraction of sp³-hybridized carbons (Fsp3) is 0.522. The maximum absolute atomic E-state index is 13.5. The van der Waals surface area contributed by atoms with Crippen LogP contribution < -0.4 is 0 Å². The van der Waals surface area contributed by atoms with Gasteiger partial charge in [0.2, 0.25) is 5.91 Å². The number of piperidine rings is 1. The second-order valence-corrected chi connectivity index (χ2v) is 9.00. The van der Waals surface area contributed by atoms with Crippen molar-refractivity contribution in [2.24, 2.45) is 0 Å². The Balaban J connectivity index is 1.53. The van der Waals surface area contributed by atoms with E-state index < -0.39 is 0 Å². The predicted molar refractivity (Wildman–Crippen MR) is 120 cm³/mol. The van der Waals surface area contributed by atoms with Gasteiger partial charge in [-0.3, -0.25) is 14.3 Å². The molecule has 0 radical (unpaired) electrons. The molecule has 1 aromatic carbocycles. The Labute approximate surface area is 187 Å². The van der Waals surface area contributed by atoms with Gasteiger partial charge in [0.1, 0.15) is 5.82 Å². The topological polar surface area (TPSA) is 54.3 Å². The number of benzene rings is 1. The standard InChI is InChI=1S/C23H30FN5OS/c1-2-28(19-8-4-5-9-19)22(30)17-31-23-26-25-21(16-27-14-6-3-7-15-27)29(23)20-12-10-18(24)11-13-20/h8,10-13H,2-7,9,14-17H2,1H3. The number of halogens is 1. The highest BCUT2D eigenvalue weighted by Gasteiger charge is 2.22. The summed E-state index contributed by atoms with van der Waals surface area (Å²) in [6.45, 7) is 5.50. The van der Waals surface area contributed by atoms with Crippen LogP contribution in [0.3, 0.4) is 0 Å². The highest BCUT2D eigenvalue weighted by molar-refractivity contribution is 7.99. The number of amides is 1. The van der Waals surface area contributed by atoms with E-state index in [1.54, 1.807) is 12.1 Å². The molecule has 1 aromatic heterocycles. The van der Waals surface area contributed by atoms with Gasteiger partial charge in [-0.05, 0) is 76.4 Å². The van der Waals surface area contributed by atoms with Crippen molar-refractivity contribution in [1.82, 2.24) is 24.6 Å². The molecule has 2 aliphatic rings. The van der Waals surface area contributed by atoms with Crippen LogP contribution >= 0.6 is 11.8 Å². The summed E-state index contributed by atoms with van der Waals surface area (Å²) in [5.41, 5.74) is 1.96. The van der Waals surface area contributed by atoms with E-state index in [4.69, 9.17) is 0 Å². The molecule has 31 heavy (non-hydrogen) atoms. The zero-order valence-electron chi connectivity index (χ0n) is 18.1. The van der Waals surface area contributed by atoms with Crippen LogP contribution in [-0.2, 0) is 11.3 Å². The summed E-state index contributed by atoms with van der Waals surface area (Å²) in [6, 6.07) is 6.38. The maximum Gasteiger partial charge on any atom is 0.237 e. The third-order valence-corrected chi connectivity index (χ3v) is 6.82. The molecule has 0 bridgehead atoms. The molecule has 8 heteroatoms. The monoisotopic (exact) mass is 443 g/mol. The number of allylic oxidation sites excluding steroid dienone is 2. The average molecular weight is 444 g/mol. The first-order chi connectivity index (χ1) is 15.2. The molecule has 1 fully saturated rings. The minimum absolute atomic E-state index is 0.0897. The number of likely N-dealkylation sites (tertiary alicyclic amines) is 1. The maximum atomic E-state index is 13.5. The zero-order valence-corrected chi connectivity index (χ0v) is 18.9. The van der Waals surface area contributed by atoms with E-state index in [-0.39, 0.29) is 11.7 Å². The molecule has 1 saturated heterocycles. The molecule has 1 amide bonds. The summed E-state index contributed by atoms with van der Waals surface area (Å²) >= 11 is 1.40. The molecule has 2 aromatic rings. The first-order valence-electron chi connectivity index (χ1n) is 11.2. The molecule has 1 aliphatic heterocycles. The lowest BCUT2D eigenvalue weighted by molar-refractivity contribution is -0.126. The molecule has 0 N–H and O–H groups in total. The van der Waals surface area contributed by atoms with Gasteiger partial charge < -0.3 is 4.90 Å². The van der Waals surface area contributed by atoms with E-state index >= 15 is 0 Å². The minimum atomic E-state index is -0.276. The quantitative estimate of drug-likeness (QED) is 0.566. The van der Waals surface area contributed by atoms with Gasteiger partial charge >= 0.3 is 0 Å². The van der Waals surface area contributed by atoms with Crippen molar-refractivity contribution >= 4 is 17.7 Å². The minimum Gasteiger partial charge on any atom is -0.316 e. The van der Waals surface area contributed by atoms with Crippen molar-refractivity contribution in [3.05, 3.63) is 47.7 Å². The molecule has 0 saturated carbocycles. The van der Waals surface area contributed by atoms with Gasteiger partial charge in [-0.2, -0.15) is 0 Å². The molecule has 2 heterocycles. The summed E-state index contributed by atoms with van der Waals surface area (Å²) in [5.74, 6) is 0.942. The number of carbonyl (C=O) groups is 1. The second-order valence-electron chi connectivity index (χ2n) is 8.06. The van der Waals surface area contributed by atoms with E-state index in [2.05, 4.69) is 21.2 Å². The van der Waals surface area contributed by atoms with E-state index in [0.29, 0.717) is 24.0 Å². The van der Waals surface area contributed by atoms with E-state index in [1.807, 2.05) is 16.4 Å². The Morgan fingerprint density at radius 2 is 1.90 bits per heavy atom. The van der Waals surface area contributed by atoms with Crippen molar-refractivity contribution in [2.75, 3.05) is 25.4 Å². The molecule has 6 nitrogen and oxygen atoms in total. The summed E-state index contributed by atoms with van der Waals surface area (Å²) in [4.78, 5) is 17.2. The van der Waals surface area contributed by atoms with Crippen LogP contribution in [0.15, 0.2) is 41.2 Å². The van der Waals surface area contributed by atoms with Crippen LogP contribution in [-0.4, -0.2) is 55.9 Å². The van der Waals surface area contributed by atoms with Crippen LogP contribution in [0.4, 0.5) is 4.39 Å². The largest absolute Gasteiger partial charge is 0.316 e. The SMILES string of the molecule is CCN(C(=O)CSc1nnc(CN2CCCCC2)n1-c1ccc(F)cc1)C1=CCCC1. The normalized spacial score (nSPS) is 17.0. The van der Waals surface area contributed by atoms with Crippen molar-refractivity contribution < 1.29 is 9.18 Å². The van der Waals surface area contributed by atoms with Crippen LogP contribution in [0, 0.1) is 5.82 Å². The molecular formula is C23H30FN5OS. The fourth-order valence-electron chi connectivity index (χ4n) is 4.31. The lowest BCUT2D eigenvalue weighted by atomic mass is 10.1. The van der Waals surface area contributed by atoms with Crippen molar-refractivity contribution in [3.8, 4) is 5.69 Å². The molecule has 1 aliphatic carbocycles. The highest BCUT2D eigenvalue weighted by atomic mass is 32.2. The molecule has 0 unspecified atom stereocenters. The number of hydrogen-bond acceptors (Lipinski definition) is 5. The van der Waals surface area contributed by atoms with E-state index in [9.17, 15) is 9.18 Å². The third kappa shape index (κ3) is 5.36. The molecule has 0 spiro atoms. The van der Waals surface area contributed by atoms with Crippen LogP contribution in [0.2, 0.25) is 0 Å². The third-order valence-electron chi connectivity index (χ3n) is 5.90. The summed E-state index contributed by atoms with van der Waals surface area (Å²) < 4.78 is 15.5. The van der Waals surface area contributed by atoms with E-state index in [0.717, 1.165) is 49.6 Å².